The lowest BCUT2D eigenvalue weighted by Gasteiger charge is -2.20. The van der Waals surface area contributed by atoms with Crippen molar-refractivity contribution < 1.29 is 32.2 Å². The van der Waals surface area contributed by atoms with Crippen molar-refractivity contribution in [1.82, 2.24) is 4.98 Å². The van der Waals surface area contributed by atoms with Crippen LogP contribution in [-0.4, -0.2) is 38.6 Å². The van der Waals surface area contributed by atoms with Crippen LogP contribution in [0.1, 0.15) is 16.5 Å². The summed E-state index contributed by atoms with van der Waals surface area (Å²) in [7, 11) is 3.74. The number of ether oxygens (including phenoxy) is 3. The van der Waals surface area contributed by atoms with Crippen LogP contribution in [0.15, 0.2) is 0 Å². The highest BCUT2D eigenvalue weighted by Gasteiger charge is 2.35. The molecule has 1 aromatic heterocycles. The Morgan fingerprint density at radius 2 is 1.70 bits per heavy atom. The second kappa shape index (κ2) is 6.81. The second-order valence-corrected chi connectivity index (χ2v) is 5.67. The highest BCUT2D eigenvalue weighted by Crippen LogP contribution is 2.36. The van der Waals surface area contributed by atoms with Gasteiger partial charge in [-0.05, 0) is 6.92 Å². The second-order valence-electron chi connectivity index (χ2n) is 4.64. The molecule has 23 heavy (non-hydrogen) atoms. The Bertz CT molecular complexity index is 700. The molecule has 126 valence electrons. The largest absolute Gasteiger partial charge is 0.468 e. The fourth-order valence-electron chi connectivity index (χ4n) is 2.13. The minimum Gasteiger partial charge on any atom is -0.468 e. The summed E-state index contributed by atoms with van der Waals surface area (Å²) in [5, 5.41) is 0.00310. The minimum absolute atomic E-state index is 0.00310. The van der Waals surface area contributed by atoms with Crippen LogP contribution in [0.5, 0.6) is 0 Å². The molecular formula is C14H14F3NO4S. The van der Waals surface area contributed by atoms with Gasteiger partial charge in [0.05, 0.1) is 11.8 Å². The van der Waals surface area contributed by atoms with E-state index < -0.39 is 41.2 Å². The van der Waals surface area contributed by atoms with E-state index in [1.165, 1.54) is 14.2 Å². The van der Waals surface area contributed by atoms with Gasteiger partial charge in [0.1, 0.15) is 10.5 Å². The number of benzene rings is 1. The number of aromatic nitrogens is 1. The number of nitrogens with zero attached hydrogens (tertiary/aromatic N) is 1. The number of halogens is 3. The van der Waals surface area contributed by atoms with Gasteiger partial charge < -0.3 is 14.2 Å². The van der Waals surface area contributed by atoms with E-state index in [0.717, 1.165) is 14.0 Å². The lowest BCUT2D eigenvalue weighted by Crippen LogP contribution is -2.30. The van der Waals surface area contributed by atoms with Crippen molar-refractivity contribution in [3.05, 3.63) is 28.0 Å². The first-order valence-corrected chi connectivity index (χ1v) is 7.25. The number of hydrogen-bond acceptors (Lipinski definition) is 6. The number of fused-ring (bicyclic) bond motifs is 1. The summed E-state index contributed by atoms with van der Waals surface area (Å²) in [5.74, 6) is -5.38. The number of thiazole rings is 1. The monoisotopic (exact) mass is 349 g/mol. The first-order chi connectivity index (χ1) is 10.9. The highest BCUT2D eigenvalue weighted by atomic mass is 32.1. The zero-order valence-electron chi connectivity index (χ0n) is 12.8. The molecule has 0 aliphatic carbocycles. The van der Waals surface area contributed by atoms with Crippen LogP contribution in [0.25, 0.3) is 10.2 Å². The van der Waals surface area contributed by atoms with E-state index in [-0.39, 0.29) is 15.2 Å². The van der Waals surface area contributed by atoms with Gasteiger partial charge in [-0.15, -0.1) is 11.3 Å². The van der Waals surface area contributed by atoms with Gasteiger partial charge in [0.15, 0.2) is 29.7 Å². The molecule has 0 radical (unpaired) electrons. The minimum atomic E-state index is -1.28. The molecule has 0 aliphatic rings. The molecule has 1 atom stereocenters. The van der Waals surface area contributed by atoms with Crippen molar-refractivity contribution in [1.29, 1.82) is 0 Å². The predicted octanol–water partition coefficient (Wildman–Crippen LogP) is 2.90. The Kier molecular flexibility index (Phi) is 5.23. The fraction of sp³-hybridized carbons (Fsp3) is 0.429. The molecule has 5 nitrogen and oxygen atoms in total. The van der Waals surface area contributed by atoms with Gasteiger partial charge in [0.25, 0.3) is 0 Å². The van der Waals surface area contributed by atoms with Gasteiger partial charge in [0, 0.05) is 19.8 Å². The number of hydrogen-bond donors (Lipinski definition) is 0. The molecule has 0 aliphatic heterocycles. The first-order valence-electron chi connectivity index (χ1n) is 6.44. The van der Waals surface area contributed by atoms with Crippen molar-refractivity contribution in [2.24, 2.45) is 0 Å². The summed E-state index contributed by atoms with van der Waals surface area (Å²) in [4.78, 5) is 15.9. The maximum atomic E-state index is 14.1. The Hall–Kier alpha value is -1.71. The number of carbonyl (C=O) groups is 1. The Balaban J connectivity index is 2.68. The number of rotatable bonds is 5. The molecule has 0 N–H and O–H groups in total. The third-order valence-corrected chi connectivity index (χ3v) is 4.49. The van der Waals surface area contributed by atoms with Gasteiger partial charge in [-0.25, -0.2) is 18.2 Å². The normalized spacial score (nSPS) is 12.9. The molecule has 0 fully saturated rings. The molecule has 0 bridgehead atoms. The Morgan fingerprint density at radius 3 is 2.22 bits per heavy atom. The Labute approximate surface area is 134 Å². The van der Waals surface area contributed by atoms with Crippen LogP contribution in [-0.2, 0) is 19.0 Å². The summed E-state index contributed by atoms with van der Waals surface area (Å²) in [6.45, 7) is 1.11. The van der Waals surface area contributed by atoms with Crippen LogP contribution < -0.4 is 0 Å². The topological polar surface area (TPSA) is 57.7 Å². The molecular weight excluding hydrogens is 335 g/mol. The van der Waals surface area contributed by atoms with Gasteiger partial charge in [-0.3, -0.25) is 4.79 Å². The summed E-state index contributed by atoms with van der Waals surface area (Å²) in [6, 6.07) is 0. The highest BCUT2D eigenvalue weighted by molar-refractivity contribution is 7.18. The summed E-state index contributed by atoms with van der Waals surface area (Å²) in [6.07, 6.45) is -1.07. The standard InChI is InChI=1S/C14H14F3NO4S/c1-5-7(15)9(17)11-10(8(5)16)18-12(23-11)6(13(19)20-2)14(21-3)22-4/h6,14H,1-4H3. The van der Waals surface area contributed by atoms with Crippen LogP contribution in [0.2, 0.25) is 0 Å². The van der Waals surface area contributed by atoms with Crippen molar-refractivity contribution in [3.8, 4) is 0 Å². The molecule has 0 spiro atoms. The quantitative estimate of drug-likeness (QED) is 0.472. The van der Waals surface area contributed by atoms with Crippen LogP contribution in [0.3, 0.4) is 0 Å². The van der Waals surface area contributed by atoms with Crippen molar-refractivity contribution in [2.45, 2.75) is 19.1 Å². The fourth-order valence-corrected chi connectivity index (χ4v) is 3.22. The smallest absolute Gasteiger partial charge is 0.320 e. The molecule has 0 saturated heterocycles. The lowest BCUT2D eigenvalue weighted by atomic mass is 10.1. The average Bonchev–Trinajstić information content (AvgIpc) is 2.99. The molecule has 2 aromatic rings. The van der Waals surface area contributed by atoms with E-state index in [1.807, 2.05) is 0 Å². The van der Waals surface area contributed by atoms with Gasteiger partial charge in [0.2, 0.25) is 0 Å². The van der Waals surface area contributed by atoms with E-state index in [9.17, 15) is 18.0 Å². The molecule has 0 saturated carbocycles. The van der Waals surface area contributed by atoms with Gasteiger partial charge >= 0.3 is 5.97 Å². The third kappa shape index (κ3) is 2.91. The summed E-state index contributed by atoms with van der Waals surface area (Å²) >= 11 is 0.645. The van der Waals surface area contributed by atoms with Crippen LogP contribution in [0.4, 0.5) is 13.2 Å². The molecule has 1 heterocycles. The molecule has 0 amide bonds. The maximum Gasteiger partial charge on any atom is 0.320 e. The zero-order chi connectivity index (χ0) is 17.3. The Morgan fingerprint density at radius 1 is 1.09 bits per heavy atom. The average molecular weight is 349 g/mol. The molecule has 2 rings (SSSR count). The van der Waals surface area contributed by atoms with Crippen molar-refractivity contribution >= 4 is 27.5 Å². The summed E-state index contributed by atoms with van der Waals surface area (Å²) in [5.41, 5.74) is -0.822. The maximum absolute atomic E-state index is 14.1. The number of esters is 1. The van der Waals surface area contributed by atoms with Crippen LogP contribution >= 0.6 is 11.3 Å². The SMILES string of the molecule is COC(=O)C(c1nc2c(F)c(C)c(F)c(F)c2s1)C(OC)OC. The van der Waals surface area contributed by atoms with Crippen molar-refractivity contribution in [3.63, 3.8) is 0 Å². The van der Waals surface area contributed by atoms with Crippen LogP contribution in [0, 0.1) is 24.4 Å². The molecule has 9 heteroatoms. The van der Waals surface area contributed by atoms with Crippen molar-refractivity contribution in [2.75, 3.05) is 21.3 Å². The first kappa shape index (κ1) is 17.6. The predicted molar refractivity (Wildman–Crippen MR) is 76.8 cm³/mol. The van der Waals surface area contributed by atoms with E-state index >= 15 is 0 Å². The lowest BCUT2D eigenvalue weighted by molar-refractivity contribution is -0.163. The zero-order valence-corrected chi connectivity index (χ0v) is 13.6. The summed E-state index contributed by atoms with van der Waals surface area (Å²) < 4.78 is 56.2. The number of carbonyl (C=O) groups excluding carboxylic acids is 1. The van der Waals surface area contributed by atoms with E-state index in [0.29, 0.717) is 11.3 Å². The molecule has 1 unspecified atom stereocenters. The van der Waals surface area contributed by atoms with E-state index in [4.69, 9.17) is 9.47 Å². The van der Waals surface area contributed by atoms with E-state index in [2.05, 4.69) is 9.72 Å². The van der Waals surface area contributed by atoms with Gasteiger partial charge in [-0.2, -0.15) is 0 Å². The number of methoxy groups -OCH3 is 3. The van der Waals surface area contributed by atoms with E-state index in [1.54, 1.807) is 0 Å². The molecule has 1 aromatic carbocycles. The van der Waals surface area contributed by atoms with Gasteiger partial charge in [-0.1, -0.05) is 0 Å². The third-order valence-electron chi connectivity index (χ3n) is 3.36.